The fraction of sp³-hybridized carbons (Fsp3) is 0.385. The average molecular weight is 372 g/mol. The van der Waals surface area contributed by atoms with Gasteiger partial charge < -0.3 is 4.52 Å². The predicted octanol–water partition coefficient (Wildman–Crippen LogP) is 2.60. The van der Waals surface area contributed by atoms with Crippen LogP contribution in [-0.2, 0) is 10.0 Å². The Labute approximate surface area is 131 Å². The molecule has 0 N–H and O–H groups in total. The molecule has 1 aliphatic rings. The van der Waals surface area contributed by atoms with Crippen LogP contribution in [0.15, 0.2) is 33.3 Å². The number of sulfonamides is 1. The first-order valence-corrected chi connectivity index (χ1v) is 9.15. The third kappa shape index (κ3) is 3.02. The van der Waals surface area contributed by atoms with E-state index < -0.39 is 10.0 Å². The Morgan fingerprint density at radius 2 is 2.05 bits per heavy atom. The Balaban J connectivity index is 1.90. The molecule has 3 rings (SSSR count). The van der Waals surface area contributed by atoms with E-state index in [1.54, 1.807) is 0 Å². The highest BCUT2D eigenvalue weighted by Gasteiger charge is 2.36. The molecule has 1 atom stereocenters. The summed E-state index contributed by atoms with van der Waals surface area (Å²) in [5.41, 5.74) is 0.831. The van der Waals surface area contributed by atoms with Gasteiger partial charge in [-0.05, 0) is 37.1 Å². The van der Waals surface area contributed by atoms with Crippen molar-refractivity contribution in [2.75, 3.05) is 12.8 Å². The molecule has 1 aliphatic heterocycles. The van der Waals surface area contributed by atoms with Gasteiger partial charge in [-0.3, -0.25) is 0 Å². The van der Waals surface area contributed by atoms with Gasteiger partial charge in [-0.15, -0.1) is 0 Å². The third-order valence-electron chi connectivity index (χ3n) is 3.46. The summed E-state index contributed by atoms with van der Waals surface area (Å²) in [4.78, 5) is 4.36. The Kier molecular flexibility index (Phi) is 3.85. The van der Waals surface area contributed by atoms with Crippen LogP contribution in [0.1, 0.15) is 24.8 Å². The van der Waals surface area contributed by atoms with Gasteiger partial charge in [0.2, 0.25) is 21.7 Å². The molecule has 0 amide bonds. The molecule has 1 unspecified atom stereocenters. The van der Waals surface area contributed by atoms with Gasteiger partial charge in [0.1, 0.15) is 6.04 Å². The van der Waals surface area contributed by atoms with Crippen LogP contribution in [0.5, 0.6) is 0 Å². The van der Waals surface area contributed by atoms with Crippen molar-refractivity contribution < 1.29 is 12.9 Å². The zero-order valence-electron chi connectivity index (χ0n) is 11.4. The first-order valence-electron chi connectivity index (χ1n) is 6.51. The first-order chi connectivity index (χ1) is 9.95. The molecule has 112 valence electrons. The van der Waals surface area contributed by atoms with Crippen LogP contribution in [-0.4, -0.2) is 35.7 Å². The van der Waals surface area contributed by atoms with Gasteiger partial charge in [0.25, 0.3) is 0 Å². The van der Waals surface area contributed by atoms with E-state index in [0.717, 1.165) is 16.5 Å². The van der Waals surface area contributed by atoms with Gasteiger partial charge in [0.15, 0.2) is 0 Å². The lowest BCUT2D eigenvalue weighted by Crippen LogP contribution is -2.29. The summed E-state index contributed by atoms with van der Waals surface area (Å²) >= 11 is 3.37. The minimum absolute atomic E-state index is 0.350. The molecule has 1 aromatic heterocycles. The van der Waals surface area contributed by atoms with Crippen molar-refractivity contribution >= 4 is 26.0 Å². The summed E-state index contributed by atoms with van der Waals surface area (Å²) < 4.78 is 31.2. The van der Waals surface area contributed by atoms with E-state index in [2.05, 4.69) is 26.1 Å². The van der Waals surface area contributed by atoms with Gasteiger partial charge in [-0.2, -0.15) is 9.29 Å². The van der Waals surface area contributed by atoms with Crippen molar-refractivity contribution in [3.63, 3.8) is 0 Å². The molecule has 1 saturated heterocycles. The summed E-state index contributed by atoms with van der Waals surface area (Å²) in [6.07, 6.45) is 2.71. The monoisotopic (exact) mass is 371 g/mol. The van der Waals surface area contributed by atoms with Crippen molar-refractivity contribution in [2.45, 2.75) is 18.9 Å². The quantitative estimate of drug-likeness (QED) is 0.828. The number of rotatable bonds is 3. The molecule has 1 fully saturated rings. The smallest absolute Gasteiger partial charge is 0.245 e. The average Bonchev–Trinajstić information content (AvgIpc) is 3.07. The van der Waals surface area contributed by atoms with Crippen LogP contribution in [0.4, 0.5) is 0 Å². The lowest BCUT2D eigenvalue weighted by Gasteiger charge is -2.18. The van der Waals surface area contributed by atoms with Crippen molar-refractivity contribution in [2.24, 2.45) is 0 Å². The molecular weight excluding hydrogens is 358 g/mol. The van der Waals surface area contributed by atoms with Crippen molar-refractivity contribution in [3.8, 4) is 11.4 Å². The number of halogens is 1. The topological polar surface area (TPSA) is 76.3 Å². The fourth-order valence-corrected chi connectivity index (χ4v) is 3.85. The molecule has 2 aromatic rings. The largest absolute Gasteiger partial charge is 0.337 e. The van der Waals surface area contributed by atoms with Gasteiger partial charge in [-0.25, -0.2) is 8.42 Å². The maximum absolute atomic E-state index is 11.8. The fourth-order valence-electron chi connectivity index (χ4n) is 2.47. The van der Waals surface area contributed by atoms with Crippen LogP contribution < -0.4 is 0 Å². The molecule has 21 heavy (non-hydrogen) atoms. The Morgan fingerprint density at radius 3 is 2.71 bits per heavy atom. The zero-order chi connectivity index (χ0) is 15.0. The van der Waals surface area contributed by atoms with E-state index in [9.17, 15) is 8.42 Å². The minimum atomic E-state index is -3.26. The molecular formula is C13H14BrN3O3S. The SMILES string of the molecule is CS(=O)(=O)N1CCCC1c1nc(-c2ccc(Br)cc2)no1. The Hall–Kier alpha value is -1.25. The van der Waals surface area contributed by atoms with E-state index in [-0.39, 0.29) is 6.04 Å². The number of hydrogen-bond acceptors (Lipinski definition) is 5. The van der Waals surface area contributed by atoms with E-state index in [1.165, 1.54) is 10.6 Å². The highest BCUT2D eigenvalue weighted by Crippen LogP contribution is 2.33. The predicted molar refractivity (Wildman–Crippen MR) is 81.0 cm³/mol. The van der Waals surface area contributed by atoms with Crippen LogP contribution in [0.3, 0.4) is 0 Å². The lowest BCUT2D eigenvalue weighted by molar-refractivity contribution is 0.291. The van der Waals surface area contributed by atoms with E-state index in [1.807, 2.05) is 24.3 Å². The molecule has 6 nitrogen and oxygen atoms in total. The van der Waals surface area contributed by atoms with Crippen LogP contribution >= 0.6 is 15.9 Å². The highest BCUT2D eigenvalue weighted by molar-refractivity contribution is 9.10. The third-order valence-corrected chi connectivity index (χ3v) is 5.28. The van der Waals surface area contributed by atoms with Crippen molar-refractivity contribution in [3.05, 3.63) is 34.6 Å². The van der Waals surface area contributed by atoms with E-state index in [4.69, 9.17) is 4.52 Å². The molecule has 0 aliphatic carbocycles. The summed E-state index contributed by atoms with van der Waals surface area (Å²) in [5, 5.41) is 3.95. The maximum atomic E-state index is 11.8. The first kappa shape index (κ1) is 14.7. The standard InChI is InChI=1S/C13H14BrN3O3S/c1-21(18,19)17-8-2-3-11(17)13-15-12(16-20-13)9-4-6-10(14)7-5-9/h4-7,11H,2-3,8H2,1H3. The second-order valence-corrected chi connectivity index (χ2v) is 7.85. The van der Waals surface area contributed by atoms with Gasteiger partial charge in [-0.1, -0.05) is 21.1 Å². The van der Waals surface area contributed by atoms with Crippen LogP contribution in [0.2, 0.25) is 0 Å². The summed E-state index contributed by atoms with van der Waals surface area (Å²) in [7, 11) is -3.26. The minimum Gasteiger partial charge on any atom is -0.337 e. The molecule has 0 radical (unpaired) electrons. The number of benzene rings is 1. The second-order valence-electron chi connectivity index (χ2n) is 4.99. The zero-order valence-corrected chi connectivity index (χ0v) is 13.8. The van der Waals surface area contributed by atoms with Crippen LogP contribution in [0.25, 0.3) is 11.4 Å². The molecule has 0 saturated carbocycles. The summed E-state index contributed by atoms with van der Waals surface area (Å²) in [6, 6.07) is 7.19. The van der Waals surface area contributed by atoms with Crippen LogP contribution in [0, 0.1) is 0 Å². The molecule has 8 heteroatoms. The Bertz CT molecular complexity index is 742. The van der Waals surface area contributed by atoms with Crippen molar-refractivity contribution in [1.82, 2.24) is 14.4 Å². The Morgan fingerprint density at radius 1 is 1.33 bits per heavy atom. The molecule has 0 spiro atoms. The maximum Gasteiger partial charge on any atom is 0.245 e. The number of aromatic nitrogens is 2. The van der Waals surface area contributed by atoms with E-state index >= 15 is 0 Å². The van der Waals surface area contributed by atoms with Crippen molar-refractivity contribution in [1.29, 1.82) is 0 Å². The van der Waals surface area contributed by atoms with Gasteiger partial charge in [0.05, 0.1) is 6.26 Å². The van der Waals surface area contributed by atoms with Gasteiger partial charge in [0, 0.05) is 16.6 Å². The molecule has 1 aromatic carbocycles. The van der Waals surface area contributed by atoms with Gasteiger partial charge >= 0.3 is 0 Å². The summed E-state index contributed by atoms with van der Waals surface area (Å²) in [6.45, 7) is 0.500. The highest BCUT2D eigenvalue weighted by atomic mass is 79.9. The lowest BCUT2D eigenvalue weighted by atomic mass is 10.2. The van der Waals surface area contributed by atoms with E-state index in [0.29, 0.717) is 24.7 Å². The number of nitrogens with zero attached hydrogens (tertiary/aromatic N) is 3. The second kappa shape index (κ2) is 5.51. The number of hydrogen-bond donors (Lipinski definition) is 0. The molecule has 0 bridgehead atoms. The normalized spacial score (nSPS) is 20.0. The summed E-state index contributed by atoms with van der Waals surface area (Å²) in [5.74, 6) is 0.827. The molecule has 2 heterocycles.